The summed E-state index contributed by atoms with van der Waals surface area (Å²) < 4.78 is 0. The van der Waals surface area contributed by atoms with E-state index in [1.165, 1.54) is 5.56 Å². The molecular weight excluding hydrogens is 210 g/mol. The third-order valence-electron chi connectivity index (χ3n) is 3.45. The van der Waals surface area contributed by atoms with Gasteiger partial charge in [-0.2, -0.15) is 5.26 Å². The number of nitriles is 1. The molecule has 1 aromatic carbocycles. The van der Waals surface area contributed by atoms with Gasteiger partial charge in [-0.3, -0.25) is 4.90 Å². The second-order valence-electron chi connectivity index (χ2n) is 4.79. The van der Waals surface area contributed by atoms with Gasteiger partial charge in [0.2, 0.25) is 0 Å². The predicted octanol–water partition coefficient (Wildman–Crippen LogP) is 1.42. The third-order valence-corrected chi connectivity index (χ3v) is 3.45. The standard InChI is InChI=1S/C14H19N3/c1-14(12-15,17-9-7-16-8-10-17)11-13-5-3-2-4-6-13/h2-6,16H,7-11H2,1H3. The van der Waals surface area contributed by atoms with Crippen LogP contribution in [0.3, 0.4) is 0 Å². The van der Waals surface area contributed by atoms with Crippen LogP contribution in [0.1, 0.15) is 12.5 Å². The molecule has 1 heterocycles. The molecule has 0 amide bonds. The highest BCUT2D eigenvalue weighted by molar-refractivity contribution is 5.21. The Morgan fingerprint density at radius 1 is 1.29 bits per heavy atom. The highest BCUT2D eigenvalue weighted by Crippen LogP contribution is 2.20. The zero-order chi connectivity index (χ0) is 12.1. The first-order valence-corrected chi connectivity index (χ1v) is 6.15. The lowest BCUT2D eigenvalue weighted by molar-refractivity contribution is 0.132. The average molecular weight is 229 g/mol. The van der Waals surface area contributed by atoms with Crippen molar-refractivity contribution < 1.29 is 0 Å². The van der Waals surface area contributed by atoms with E-state index in [0.29, 0.717) is 0 Å². The number of hydrogen-bond donors (Lipinski definition) is 1. The molecule has 1 saturated heterocycles. The number of rotatable bonds is 3. The summed E-state index contributed by atoms with van der Waals surface area (Å²) in [5, 5.41) is 12.8. The van der Waals surface area contributed by atoms with Crippen LogP contribution in [-0.4, -0.2) is 36.6 Å². The van der Waals surface area contributed by atoms with Crippen molar-refractivity contribution in [2.75, 3.05) is 26.2 Å². The Labute approximate surface area is 103 Å². The number of nitrogens with zero attached hydrogens (tertiary/aromatic N) is 2. The van der Waals surface area contributed by atoms with E-state index in [4.69, 9.17) is 0 Å². The lowest BCUT2D eigenvalue weighted by atomic mass is 9.92. The molecule has 1 aliphatic heterocycles. The van der Waals surface area contributed by atoms with Gasteiger partial charge in [0.1, 0.15) is 5.54 Å². The van der Waals surface area contributed by atoms with E-state index in [9.17, 15) is 5.26 Å². The Balaban J connectivity index is 2.11. The topological polar surface area (TPSA) is 39.1 Å². The maximum Gasteiger partial charge on any atom is 0.110 e. The lowest BCUT2D eigenvalue weighted by Crippen LogP contribution is -2.55. The predicted molar refractivity (Wildman–Crippen MR) is 68.6 cm³/mol. The summed E-state index contributed by atoms with van der Waals surface area (Å²) in [5.41, 5.74) is 0.846. The molecule has 3 heteroatoms. The van der Waals surface area contributed by atoms with Crippen molar-refractivity contribution in [3.63, 3.8) is 0 Å². The Bertz CT molecular complexity index is 390. The van der Waals surface area contributed by atoms with Crippen LogP contribution in [0.15, 0.2) is 30.3 Å². The average Bonchev–Trinajstić information content (AvgIpc) is 2.41. The summed E-state index contributed by atoms with van der Waals surface area (Å²) in [7, 11) is 0. The molecule has 0 aromatic heterocycles. The van der Waals surface area contributed by atoms with Crippen molar-refractivity contribution in [1.29, 1.82) is 5.26 Å². The lowest BCUT2D eigenvalue weighted by Gasteiger charge is -2.38. The van der Waals surface area contributed by atoms with Crippen molar-refractivity contribution in [3.05, 3.63) is 35.9 Å². The van der Waals surface area contributed by atoms with Crippen LogP contribution in [0.5, 0.6) is 0 Å². The van der Waals surface area contributed by atoms with Crippen LogP contribution in [0.4, 0.5) is 0 Å². The second kappa shape index (κ2) is 5.31. The van der Waals surface area contributed by atoms with Crippen molar-refractivity contribution in [1.82, 2.24) is 10.2 Å². The van der Waals surface area contributed by atoms with E-state index in [1.54, 1.807) is 0 Å². The van der Waals surface area contributed by atoms with E-state index in [1.807, 2.05) is 25.1 Å². The van der Waals surface area contributed by atoms with Crippen LogP contribution in [0.25, 0.3) is 0 Å². The normalized spacial score (nSPS) is 20.5. The van der Waals surface area contributed by atoms with Crippen LogP contribution < -0.4 is 5.32 Å². The monoisotopic (exact) mass is 229 g/mol. The van der Waals surface area contributed by atoms with Gasteiger partial charge in [0, 0.05) is 32.6 Å². The molecule has 17 heavy (non-hydrogen) atoms. The van der Waals surface area contributed by atoms with Gasteiger partial charge in [0.25, 0.3) is 0 Å². The molecule has 0 bridgehead atoms. The van der Waals surface area contributed by atoms with Crippen LogP contribution in [0.2, 0.25) is 0 Å². The minimum Gasteiger partial charge on any atom is -0.314 e. The molecule has 0 aliphatic carbocycles. The summed E-state index contributed by atoms with van der Waals surface area (Å²) in [6, 6.07) is 12.8. The van der Waals surface area contributed by atoms with Crippen LogP contribution in [0, 0.1) is 11.3 Å². The molecule has 0 spiro atoms. The third kappa shape index (κ3) is 2.85. The van der Waals surface area contributed by atoms with E-state index in [2.05, 4.69) is 28.4 Å². The molecule has 1 aliphatic rings. The van der Waals surface area contributed by atoms with E-state index in [0.717, 1.165) is 32.6 Å². The first-order valence-electron chi connectivity index (χ1n) is 6.15. The molecule has 1 atom stereocenters. The summed E-state index contributed by atoms with van der Waals surface area (Å²) in [4.78, 5) is 2.29. The molecular formula is C14H19N3. The van der Waals surface area contributed by atoms with Crippen LogP contribution in [-0.2, 0) is 6.42 Å². The Hall–Kier alpha value is -1.37. The SMILES string of the molecule is CC(C#N)(Cc1ccccc1)N1CCNCC1. The fraction of sp³-hybridized carbons (Fsp3) is 0.500. The van der Waals surface area contributed by atoms with E-state index < -0.39 is 0 Å². The van der Waals surface area contributed by atoms with E-state index in [-0.39, 0.29) is 5.54 Å². The quantitative estimate of drug-likeness (QED) is 0.852. The maximum atomic E-state index is 9.49. The van der Waals surface area contributed by atoms with Crippen molar-refractivity contribution >= 4 is 0 Å². The zero-order valence-corrected chi connectivity index (χ0v) is 10.3. The van der Waals surface area contributed by atoms with E-state index >= 15 is 0 Å². The molecule has 0 radical (unpaired) electrons. The number of benzene rings is 1. The fourth-order valence-corrected chi connectivity index (χ4v) is 2.37. The summed E-state index contributed by atoms with van der Waals surface area (Å²) in [6.45, 7) is 5.91. The van der Waals surface area contributed by atoms with Gasteiger partial charge in [-0.1, -0.05) is 30.3 Å². The maximum absolute atomic E-state index is 9.49. The Morgan fingerprint density at radius 2 is 1.94 bits per heavy atom. The van der Waals surface area contributed by atoms with Gasteiger partial charge in [-0.15, -0.1) is 0 Å². The number of hydrogen-bond acceptors (Lipinski definition) is 3. The summed E-state index contributed by atoms with van der Waals surface area (Å²) >= 11 is 0. The number of piperazine rings is 1. The van der Waals surface area contributed by atoms with Crippen LogP contribution >= 0.6 is 0 Å². The minimum atomic E-state index is -0.385. The van der Waals surface area contributed by atoms with Crippen molar-refractivity contribution in [2.45, 2.75) is 18.9 Å². The number of nitrogens with one attached hydrogen (secondary N) is 1. The van der Waals surface area contributed by atoms with Gasteiger partial charge in [0.05, 0.1) is 6.07 Å². The van der Waals surface area contributed by atoms with Gasteiger partial charge in [-0.25, -0.2) is 0 Å². The molecule has 1 fully saturated rings. The first-order chi connectivity index (χ1) is 8.24. The highest BCUT2D eigenvalue weighted by Gasteiger charge is 2.32. The van der Waals surface area contributed by atoms with Crippen molar-refractivity contribution in [3.8, 4) is 6.07 Å². The van der Waals surface area contributed by atoms with Gasteiger partial charge < -0.3 is 5.32 Å². The molecule has 1 aromatic rings. The Kier molecular flexibility index (Phi) is 3.78. The molecule has 3 nitrogen and oxygen atoms in total. The molecule has 1 unspecified atom stereocenters. The second-order valence-corrected chi connectivity index (χ2v) is 4.79. The molecule has 1 N–H and O–H groups in total. The fourth-order valence-electron chi connectivity index (χ4n) is 2.37. The summed E-state index contributed by atoms with van der Waals surface area (Å²) in [6.07, 6.45) is 0.796. The van der Waals surface area contributed by atoms with Crippen molar-refractivity contribution in [2.24, 2.45) is 0 Å². The minimum absolute atomic E-state index is 0.385. The summed E-state index contributed by atoms with van der Waals surface area (Å²) in [5.74, 6) is 0. The first kappa shape index (κ1) is 12.1. The Morgan fingerprint density at radius 3 is 2.53 bits per heavy atom. The van der Waals surface area contributed by atoms with Gasteiger partial charge in [-0.05, 0) is 12.5 Å². The highest BCUT2D eigenvalue weighted by atomic mass is 15.2. The smallest absolute Gasteiger partial charge is 0.110 e. The zero-order valence-electron chi connectivity index (χ0n) is 10.3. The van der Waals surface area contributed by atoms with Gasteiger partial charge in [0.15, 0.2) is 0 Å². The molecule has 2 rings (SSSR count). The largest absolute Gasteiger partial charge is 0.314 e. The molecule has 90 valence electrons. The van der Waals surface area contributed by atoms with Gasteiger partial charge >= 0.3 is 0 Å². The molecule has 0 saturated carbocycles.